The van der Waals surface area contributed by atoms with Gasteiger partial charge in [-0.1, -0.05) is 28.8 Å². The summed E-state index contributed by atoms with van der Waals surface area (Å²) in [5.74, 6) is 0.142. The van der Waals surface area contributed by atoms with Crippen LogP contribution in [0.1, 0.15) is 32.6 Å². The Hall–Kier alpha value is -0.0900. The van der Waals surface area contributed by atoms with Crippen molar-refractivity contribution in [3.8, 4) is 0 Å². The lowest BCUT2D eigenvalue weighted by Crippen LogP contribution is -2.42. The van der Waals surface area contributed by atoms with Crippen LogP contribution in [0, 0.1) is 0 Å². The molecule has 0 bridgehead atoms. The molecule has 3 nitrogen and oxygen atoms in total. The molecule has 0 radical (unpaired) electrons. The van der Waals surface area contributed by atoms with E-state index in [1.165, 1.54) is 12.8 Å². The molecule has 1 aliphatic carbocycles. The van der Waals surface area contributed by atoms with Gasteiger partial charge in [0.25, 0.3) is 0 Å². The number of carbonyl (C=O) groups is 1. The molecule has 1 rings (SSSR count). The second-order valence-electron chi connectivity index (χ2n) is 3.85. The van der Waals surface area contributed by atoms with E-state index in [4.69, 9.17) is 4.74 Å². The first-order valence-electron chi connectivity index (χ1n) is 5.72. The van der Waals surface area contributed by atoms with Crippen molar-refractivity contribution in [1.29, 1.82) is 0 Å². The fraction of sp³-hybridized carbons (Fsp3) is 0.909. The van der Waals surface area contributed by atoms with Gasteiger partial charge in [-0.3, -0.25) is 4.79 Å². The number of hydrogen-bond donors (Lipinski definition) is 0. The van der Waals surface area contributed by atoms with Crippen LogP contribution in [0.5, 0.6) is 0 Å². The van der Waals surface area contributed by atoms with Gasteiger partial charge in [-0.2, -0.15) is 0 Å². The van der Waals surface area contributed by atoms with E-state index in [0.29, 0.717) is 12.6 Å². The van der Waals surface area contributed by atoms with E-state index in [2.05, 4.69) is 15.9 Å². The number of nitrogens with zero attached hydrogens (tertiary/aromatic N) is 1. The minimum atomic E-state index is 0.142. The first kappa shape index (κ1) is 13.0. The topological polar surface area (TPSA) is 29.5 Å². The second-order valence-corrected chi connectivity index (χ2v) is 4.64. The number of carbonyl (C=O) groups excluding carboxylic acids is 1. The van der Waals surface area contributed by atoms with Gasteiger partial charge in [0, 0.05) is 24.5 Å². The lowest BCUT2D eigenvalue weighted by molar-refractivity contribution is -0.137. The number of ether oxygens (including phenoxy) is 1. The molecule has 88 valence electrons. The molecular formula is C11H20BrNO2. The molecule has 0 aromatic carbocycles. The third kappa shape index (κ3) is 4.11. The van der Waals surface area contributed by atoms with Crippen molar-refractivity contribution in [1.82, 2.24) is 4.90 Å². The van der Waals surface area contributed by atoms with Crippen molar-refractivity contribution >= 4 is 21.8 Å². The molecular weight excluding hydrogens is 258 g/mol. The summed E-state index contributed by atoms with van der Waals surface area (Å²) in [7, 11) is 0. The van der Waals surface area contributed by atoms with Crippen LogP contribution in [-0.2, 0) is 9.53 Å². The number of amides is 1. The van der Waals surface area contributed by atoms with Crippen LogP contribution in [0.3, 0.4) is 0 Å². The van der Waals surface area contributed by atoms with Crippen molar-refractivity contribution in [2.75, 3.05) is 25.1 Å². The van der Waals surface area contributed by atoms with Gasteiger partial charge in [-0.25, -0.2) is 0 Å². The SMILES string of the molecule is CCOCC(=O)N(CCBr)C1CCCC1. The molecule has 0 aliphatic heterocycles. The summed E-state index contributed by atoms with van der Waals surface area (Å²) >= 11 is 3.40. The molecule has 1 aliphatic rings. The maximum atomic E-state index is 11.9. The van der Waals surface area contributed by atoms with Gasteiger partial charge in [0.05, 0.1) is 0 Å². The third-order valence-electron chi connectivity index (χ3n) is 2.84. The van der Waals surface area contributed by atoms with Gasteiger partial charge >= 0.3 is 0 Å². The number of halogens is 1. The summed E-state index contributed by atoms with van der Waals surface area (Å²) in [5, 5.41) is 0.849. The number of rotatable bonds is 6. The van der Waals surface area contributed by atoms with Crippen LogP contribution in [0.2, 0.25) is 0 Å². The lowest BCUT2D eigenvalue weighted by Gasteiger charge is -2.28. The monoisotopic (exact) mass is 277 g/mol. The van der Waals surface area contributed by atoms with Crippen LogP contribution < -0.4 is 0 Å². The first-order valence-corrected chi connectivity index (χ1v) is 6.85. The Kier molecular flexibility index (Phi) is 6.25. The Labute approximate surface area is 100 Å². The zero-order chi connectivity index (χ0) is 11.1. The normalized spacial score (nSPS) is 16.9. The highest BCUT2D eigenvalue weighted by Gasteiger charge is 2.25. The Morgan fingerprint density at radius 3 is 2.67 bits per heavy atom. The van der Waals surface area contributed by atoms with Crippen molar-refractivity contribution in [3.05, 3.63) is 0 Å². The molecule has 0 spiro atoms. The van der Waals surface area contributed by atoms with E-state index >= 15 is 0 Å². The van der Waals surface area contributed by atoms with Crippen molar-refractivity contribution in [2.24, 2.45) is 0 Å². The standard InChI is InChI=1S/C11H20BrNO2/c1-2-15-9-11(14)13(8-7-12)10-5-3-4-6-10/h10H,2-9H2,1H3. The zero-order valence-electron chi connectivity index (χ0n) is 9.38. The molecule has 1 fully saturated rings. The third-order valence-corrected chi connectivity index (χ3v) is 3.20. The molecule has 1 amide bonds. The largest absolute Gasteiger partial charge is 0.372 e. The second kappa shape index (κ2) is 7.23. The summed E-state index contributed by atoms with van der Waals surface area (Å²) in [6.07, 6.45) is 4.83. The van der Waals surface area contributed by atoms with E-state index in [1.807, 2.05) is 11.8 Å². The molecule has 0 N–H and O–H groups in total. The smallest absolute Gasteiger partial charge is 0.248 e. The molecule has 4 heteroatoms. The van der Waals surface area contributed by atoms with Gasteiger partial charge in [0.15, 0.2) is 0 Å². The minimum absolute atomic E-state index is 0.142. The Bertz CT molecular complexity index is 193. The molecule has 0 aromatic rings. The quantitative estimate of drug-likeness (QED) is 0.697. The molecule has 0 saturated heterocycles. The molecule has 0 heterocycles. The predicted molar refractivity (Wildman–Crippen MR) is 64.3 cm³/mol. The van der Waals surface area contributed by atoms with Gasteiger partial charge < -0.3 is 9.64 Å². The fourth-order valence-electron chi connectivity index (χ4n) is 2.09. The van der Waals surface area contributed by atoms with Crippen LogP contribution >= 0.6 is 15.9 Å². The summed E-state index contributed by atoms with van der Waals surface area (Å²) in [5.41, 5.74) is 0. The molecule has 0 aromatic heterocycles. The fourth-order valence-corrected chi connectivity index (χ4v) is 2.47. The van der Waals surface area contributed by atoms with E-state index in [9.17, 15) is 4.79 Å². The maximum absolute atomic E-state index is 11.9. The van der Waals surface area contributed by atoms with Crippen LogP contribution in [0.25, 0.3) is 0 Å². The Balaban J connectivity index is 2.43. The van der Waals surface area contributed by atoms with Crippen molar-refractivity contribution in [2.45, 2.75) is 38.6 Å². The van der Waals surface area contributed by atoms with Crippen molar-refractivity contribution < 1.29 is 9.53 Å². The van der Waals surface area contributed by atoms with Gasteiger partial charge in [-0.05, 0) is 19.8 Å². The molecule has 1 saturated carbocycles. The van der Waals surface area contributed by atoms with Gasteiger partial charge in [0.1, 0.15) is 6.61 Å². The van der Waals surface area contributed by atoms with E-state index in [1.54, 1.807) is 0 Å². The number of alkyl halides is 1. The molecule has 0 unspecified atom stereocenters. The highest BCUT2D eigenvalue weighted by Crippen LogP contribution is 2.23. The number of hydrogen-bond acceptors (Lipinski definition) is 2. The average Bonchev–Trinajstić information content (AvgIpc) is 2.75. The van der Waals surface area contributed by atoms with Gasteiger partial charge in [0.2, 0.25) is 5.91 Å². The van der Waals surface area contributed by atoms with Gasteiger partial charge in [-0.15, -0.1) is 0 Å². The molecule has 15 heavy (non-hydrogen) atoms. The van der Waals surface area contributed by atoms with E-state index in [0.717, 1.165) is 24.7 Å². The first-order chi connectivity index (χ1) is 7.29. The average molecular weight is 278 g/mol. The highest BCUT2D eigenvalue weighted by atomic mass is 79.9. The van der Waals surface area contributed by atoms with Crippen LogP contribution in [0.4, 0.5) is 0 Å². The molecule has 0 atom stereocenters. The highest BCUT2D eigenvalue weighted by molar-refractivity contribution is 9.09. The Morgan fingerprint density at radius 2 is 2.13 bits per heavy atom. The summed E-state index contributed by atoms with van der Waals surface area (Å²) in [6, 6.07) is 0.454. The van der Waals surface area contributed by atoms with Crippen LogP contribution in [-0.4, -0.2) is 41.9 Å². The zero-order valence-corrected chi connectivity index (χ0v) is 11.0. The summed E-state index contributed by atoms with van der Waals surface area (Å²) < 4.78 is 5.18. The minimum Gasteiger partial charge on any atom is -0.372 e. The summed E-state index contributed by atoms with van der Waals surface area (Å²) in [6.45, 7) is 3.56. The van der Waals surface area contributed by atoms with Crippen LogP contribution in [0.15, 0.2) is 0 Å². The van der Waals surface area contributed by atoms with Crippen molar-refractivity contribution in [3.63, 3.8) is 0 Å². The summed E-state index contributed by atoms with van der Waals surface area (Å²) in [4.78, 5) is 13.8. The van der Waals surface area contributed by atoms with E-state index in [-0.39, 0.29) is 12.5 Å². The Morgan fingerprint density at radius 1 is 1.47 bits per heavy atom. The maximum Gasteiger partial charge on any atom is 0.248 e. The predicted octanol–water partition coefficient (Wildman–Crippen LogP) is 2.19. The van der Waals surface area contributed by atoms with E-state index < -0.39 is 0 Å². The lowest BCUT2D eigenvalue weighted by atomic mass is 10.2.